The van der Waals surface area contributed by atoms with Gasteiger partial charge in [0.1, 0.15) is 16.4 Å². The molecule has 0 fully saturated rings. The van der Waals surface area contributed by atoms with Crippen LogP contribution in [0.25, 0.3) is 4.85 Å². The summed E-state index contributed by atoms with van der Waals surface area (Å²) in [4.78, 5) is 11.5. The van der Waals surface area contributed by atoms with Gasteiger partial charge in [0.05, 0.1) is 12.3 Å². The first-order valence-electron chi connectivity index (χ1n) is 4.97. The van der Waals surface area contributed by atoms with Crippen LogP contribution >= 0.6 is 27.5 Å². The van der Waals surface area contributed by atoms with Crippen LogP contribution in [0.15, 0.2) is 34.9 Å². The molecule has 18 heavy (non-hydrogen) atoms. The van der Waals surface area contributed by atoms with Gasteiger partial charge in [-0.05, 0) is 28.1 Å². The molecular weight excluding hydrogens is 318 g/mol. The summed E-state index contributed by atoms with van der Waals surface area (Å²) < 4.78 is 5.96. The van der Waals surface area contributed by atoms with E-state index in [1.807, 2.05) is 0 Å². The SMILES string of the molecule is [C-]#[N+]c1ccc(COc2cccc(Cl)n2)nc1Br. The lowest BCUT2D eigenvalue weighted by atomic mass is 10.3. The fourth-order valence-corrected chi connectivity index (χ4v) is 1.85. The topological polar surface area (TPSA) is 39.4 Å². The normalized spacial score (nSPS) is 9.83. The van der Waals surface area contributed by atoms with Crippen LogP contribution in [0.2, 0.25) is 5.15 Å². The Morgan fingerprint density at radius 3 is 2.78 bits per heavy atom. The highest BCUT2D eigenvalue weighted by atomic mass is 79.9. The van der Waals surface area contributed by atoms with Crippen LogP contribution in [0, 0.1) is 6.57 Å². The molecule has 0 radical (unpaired) electrons. The lowest BCUT2D eigenvalue weighted by Crippen LogP contribution is -1.99. The third-order valence-electron chi connectivity index (χ3n) is 2.06. The van der Waals surface area contributed by atoms with Gasteiger partial charge in [-0.3, -0.25) is 4.98 Å². The minimum atomic E-state index is 0.268. The van der Waals surface area contributed by atoms with Gasteiger partial charge in [0.2, 0.25) is 11.6 Å². The highest BCUT2D eigenvalue weighted by Gasteiger charge is 2.04. The Kier molecular flexibility index (Phi) is 4.13. The Morgan fingerprint density at radius 2 is 2.11 bits per heavy atom. The van der Waals surface area contributed by atoms with E-state index >= 15 is 0 Å². The van der Waals surface area contributed by atoms with E-state index in [0.717, 1.165) is 0 Å². The van der Waals surface area contributed by atoms with Gasteiger partial charge in [0, 0.05) is 6.07 Å². The molecule has 0 atom stereocenters. The minimum Gasteiger partial charge on any atom is -0.471 e. The quantitative estimate of drug-likeness (QED) is 0.632. The van der Waals surface area contributed by atoms with Crippen molar-refractivity contribution in [3.05, 3.63) is 57.2 Å². The molecule has 0 unspecified atom stereocenters. The number of ether oxygens (including phenoxy) is 1. The van der Waals surface area contributed by atoms with Gasteiger partial charge in [-0.2, -0.15) is 0 Å². The van der Waals surface area contributed by atoms with Crippen molar-refractivity contribution in [2.24, 2.45) is 0 Å². The number of hydrogen-bond acceptors (Lipinski definition) is 3. The van der Waals surface area contributed by atoms with Crippen LogP contribution in [-0.4, -0.2) is 9.97 Å². The van der Waals surface area contributed by atoms with Gasteiger partial charge >= 0.3 is 0 Å². The average Bonchev–Trinajstić information content (AvgIpc) is 2.37. The van der Waals surface area contributed by atoms with Gasteiger partial charge in [-0.1, -0.05) is 23.7 Å². The van der Waals surface area contributed by atoms with E-state index < -0.39 is 0 Å². The Balaban J connectivity index is 2.07. The van der Waals surface area contributed by atoms with Crippen LogP contribution in [0.5, 0.6) is 5.88 Å². The molecule has 0 spiro atoms. The smallest absolute Gasteiger partial charge is 0.219 e. The van der Waals surface area contributed by atoms with Crippen molar-refractivity contribution < 1.29 is 4.74 Å². The fraction of sp³-hybridized carbons (Fsp3) is 0.0833. The summed E-state index contributed by atoms with van der Waals surface area (Å²) in [5, 5.41) is 0.380. The molecule has 2 aromatic rings. The van der Waals surface area contributed by atoms with Crippen molar-refractivity contribution in [2.45, 2.75) is 6.61 Å². The van der Waals surface area contributed by atoms with Crippen LogP contribution in [-0.2, 0) is 6.61 Å². The monoisotopic (exact) mass is 323 g/mol. The second-order valence-corrected chi connectivity index (χ2v) is 4.45. The molecule has 4 nitrogen and oxygen atoms in total. The first-order chi connectivity index (χ1) is 8.69. The first kappa shape index (κ1) is 12.8. The van der Waals surface area contributed by atoms with Crippen molar-refractivity contribution in [3.63, 3.8) is 0 Å². The van der Waals surface area contributed by atoms with Gasteiger partial charge in [-0.15, -0.1) is 0 Å². The molecule has 0 N–H and O–H groups in total. The summed E-state index contributed by atoms with van der Waals surface area (Å²) in [5.41, 5.74) is 1.18. The fourth-order valence-electron chi connectivity index (χ4n) is 1.25. The molecule has 0 saturated heterocycles. The third-order valence-corrected chi connectivity index (χ3v) is 2.86. The zero-order chi connectivity index (χ0) is 13.0. The molecule has 0 amide bonds. The molecule has 0 aliphatic heterocycles. The standard InChI is InChI=1S/C12H7BrClN3O/c1-15-9-6-5-8(16-12(9)13)7-18-11-4-2-3-10(14)17-11/h2-6H,7H2. The van der Waals surface area contributed by atoms with Crippen molar-refractivity contribution in [1.82, 2.24) is 9.97 Å². The summed E-state index contributed by atoms with van der Waals surface area (Å²) in [7, 11) is 0. The molecule has 0 saturated carbocycles. The molecule has 0 aliphatic carbocycles. The van der Waals surface area contributed by atoms with Gasteiger partial charge in [0.15, 0.2) is 0 Å². The maximum absolute atomic E-state index is 6.91. The number of nitrogens with zero attached hydrogens (tertiary/aromatic N) is 3. The van der Waals surface area contributed by atoms with Gasteiger partial charge in [-0.25, -0.2) is 9.83 Å². The average molecular weight is 325 g/mol. The molecule has 2 rings (SSSR count). The van der Waals surface area contributed by atoms with Crippen LogP contribution in [0.1, 0.15) is 5.69 Å². The Labute approximate surface area is 118 Å². The maximum atomic E-state index is 6.91. The number of halogens is 2. The Bertz CT molecular complexity index is 613. The van der Waals surface area contributed by atoms with E-state index in [-0.39, 0.29) is 6.61 Å². The second kappa shape index (κ2) is 5.80. The van der Waals surface area contributed by atoms with Gasteiger partial charge in [0.25, 0.3) is 0 Å². The van der Waals surface area contributed by atoms with Crippen LogP contribution < -0.4 is 4.74 Å². The van der Waals surface area contributed by atoms with Crippen molar-refractivity contribution in [3.8, 4) is 5.88 Å². The molecule has 2 aromatic heterocycles. The maximum Gasteiger partial charge on any atom is 0.219 e. The van der Waals surface area contributed by atoms with Crippen LogP contribution in [0.3, 0.4) is 0 Å². The summed E-state index contributed by atoms with van der Waals surface area (Å²) in [5.74, 6) is 0.440. The Hall–Kier alpha value is -1.64. The van der Waals surface area contributed by atoms with Gasteiger partial charge < -0.3 is 4.74 Å². The molecule has 0 aliphatic rings. The van der Waals surface area contributed by atoms with Crippen molar-refractivity contribution in [1.29, 1.82) is 0 Å². The lowest BCUT2D eigenvalue weighted by molar-refractivity contribution is 0.289. The molecule has 0 aromatic carbocycles. The summed E-state index contributed by atoms with van der Waals surface area (Å²) in [6.45, 7) is 7.18. The Morgan fingerprint density at radius 1 is 1.28 bits per heavy atom. The molecular formula is C12H7BrClN3O. The molecule has 0 bridgehead atoms. The predicted octanol–water partition coefficient (Wildman–Crippen LogP) is 4.02. The van der Waals surface area contributed by atoms with Crippen molar-refractivity contribution in [2.75, 3.05) is 0 Å². The summed E-state index contributed by atoms with van der Waals surface area (Å²) >= 11 is 8.97. The van der Waals surface area contributed by atoms with E-state index in [2.05, 4.69) is 30.7 Å². The second-order valence-electron chi connectivity index (χ2n) is 3.31. The number of rotatable bonds is 3. The highest BCUT2D eigenvalue weighted by molar-refractivity contribution is 9.10. The van der Waals surface area contributed by atoms with E-state index in [1.54, 1.807) is 30.3 Å². The first-order valence-corrected chi connectivity index (χ1v) is 6.14. The van der Waals surface area contributed by atoms with E-state index in [9.17, 15) is 0 Å². The summed E-state index contributed by atoms with van der Waals surface area (Å²) in [6.07, 6.45) is 0. The van der Waals surface area contributed by atoms with E-state index in [1.165, 1.54) is 0 Å². The molecule has 6 heteroatoms. The summed E-state index contributed by atoms with van der Waals surface area (Å²) in [6, 6.07) is 8.58. The van der Waals surface area contributed by atoms with Crippen molar-refractivity contribution >= 4 is 33.2 Å². The largest absolute Gasteiger partial charge is 0.471 e. The highest BCUT2D eigenvalue weighted by Crippen LogP contribution is 2.23. The number of aromatic nitrogens is 2. The van der Waals surface area contributed by atoms with E-state index in [0.29, 0.717) is 27.0 Å². The number of pyridine rings is 2. The molecule has 2 heterocycles. The third kappa shape index (κ3) is 3.19. The molecule has 90 valence electrons. The zero-order valence-electron chi connectivity index (χ0n) is 9.10. The minimum absolute atomic E-state index is 0.268. The van der Waals surface area contributed by atoms with E-state index in [4.69, 9.17) is 22.9 Å². The van der Waals surface area contributed by atoms with Crippen LogP contribution in [0.4, 0.5) is 5.69 Å². The number of hydrogen-bond donors (Lipinski definition) is 0. The zero-order valence-corrected chi connectivity index (χ0v) is 11.4. The lowest BCUT2D eigenvalue weighted by Gasteiger charge is -2.05. The predicted molar refractivity (Wildman–Crippen MR) is 71.8 cm³/mol.